The normalized spacial score (nSPS) is 11.5. The molecule has 0 aromatic heterocycles. The fourth-order valence-corrected chi connectivity index (χ4v) is 4.42. The molecule has 130 valence electrons. The van der Waals surface area contributed by atoms with Gasteiger partial charge in [0.15, 0.2) is 0 Å². The Kier molecular flexibility index (Phi) is 6.81. The maximum atomic E-state index is 6.18. The average molecular weight is 347 g/mol. The Bertz CT molecular complexity index is 625. The third-order valence-corrected chi connectivity index (χ3v) is 6.91. The molecule has 0 spiro atoms. The van der Waals surface area contributed by atoms with Crippen molar-refractivity contribution in [2.24, 2.45) is 0 Å². The SMILES string of the molecule is CO[Si](CCCNc1c(N)cccc1-c1ccccc1)(OC)OC. The zero-order valence-electron chi connectivity index (χ0n) is 14.5. The lowest BCUT2D eigenvalue weighted by atomic mass is 10.0. The molecule has 5 nitrogen and oxygen atoms in total. The maximum Gasteiger partial charge on any atom is 0.500 e. The Morgan fingerprint density at radius 3 is 2.21 bits per heavy atom. The van der Waals surface area contributed by atoms with Crippen LogP contribution in [0, 0.1) is 0 Å². The van der Waals surface area contributed by atoms with Gasteiger partial charge in [0.1, 0.15) is 0 Å². The highest BCUT2D eigenvalue weighted by atomic mass is 28.4. The first-order chi connectivity index (χ1) is 11.7. The molecule has 0 saturated heterocycles. The largest absolute Gasteiger partial charge is 0.500 e. The molecule has 2 aromatic carbocycles. The number of anilines is 2. The second kappa shape index (κ2) is 8.84. The Morgan fingerprint density at radius 2 is 1.58 bits per heavy atom. The summed E-state index contributed by atoms with van der Waals surface area (Å²) in [7, 11) is 2.38. The highest BCUT2D eigenvalue weighted by molar-refractivity contribution is 6.60. The van der Waals surface area contributed by atoms with Crippen LogP contribution in [0.5, 0.6) is 0 Å². The summed E-state index contributed by atoms with van der Waals surface area (Å²) in [6.07, 6.45) is 0.865. The number of hydrogen-bond donors (Lipinski definition) is 2. The lowest BCUT2D eigenvalue weighted by Gasteiger charge is -2.24. The molecule has 24 heavy (non-hydrogen) atoms. The summed E-state index contributed by atoms with van der Waals surface area (Å²) in [6.45, 7) is 0.763. The van der Waals surface area contributed by atoms with Crippen molar-refractivity contribution in [3.8, 4) is 11.1 Å². The van der Waals surface area contributed by atoms with Crippen LogP contribution in [0.25, 0.3) is 11.1 Å². The summed E-state index contributed by atoms with van der Waals surface area (Å²) in [5.41, 5.74) is 10.1. The summed E-state index contributed by atoms with van der Waals surface area (Å²) in [4.78, 5) is 0. The van der Waals surface area contributed by atoms with Gasteiger partial charge in [0.25, 0.3) is 0 Å². The summed E-state index contributed by atoms with van der Waals surface area (Å²) >= 11 is 0. The Labute approximate surface area is 145 Å². The highest BCUT2D eigenvalue weighted by Gasteiger charge is 2.36. The van der Waals surface area contributed by atoms with Crippen molar-refractivity contribution in [2.75, 3.05) is 38.9 Å². The van der Waals surface area contributed by atoms with Crippen LogP contribution < -0.4 is 11.1 Å². The number of benzene rings is 2. The molecule has 0 bridgehead atoms. The van der Waals surface area contributed by atoms with E-state index in [9.17, 15) is 0 Å². The molecule has 0 aliphatic rings. The minimum absolute atomic E-state index is 0.741. The molecule has 0 aliphatic carbocycles. The predicted octanol–water partition coefficient (Wildman–Crippen LogP) is 3.62. The summed E-state index contributed by atoms with van der Waals surface area (Å²) in [5, 5.41) is 3.46. The van der Waals surface area contributed by atoms with E-state index in [1.807, 2.05) is 30.3 Å². The monoisotopic (exact) mass is 346 g/mol. The molecule has 0 aliphatic heterocycles. The van der Waals surface area contributed by atoms with Crippen LogP contribution in [0.15, 0.2) is 48.5 Å². The fraction of sp³-hybridized carbons (Fsp3) is 0.333. The van der Waals surface area contributed by atoms with E-state index in [-0.39, 0.29) is 0 Å². The van der Waals surface area contributed by atoms with Crippen LogP contribution in [-0.4, -0.2) is 36.7 Å². The zero-order valence-corrected chi connectivity index (χ0v) is 15.5. The predicted molar refractivity (Wildman–Crippen MR) is 101 cm³/mol. The Balaban J connectivity index is 2.06. The van der Waals surface area contributed by atoms with Gasteiger partial charge in [-0.2, -0.15) is 0 Å². The van der Waals surface area contributed by atoms with Gasteiger partial charge in [0, 0.05) is 39.5 Å². The molecule has 0 atom stereocenters. The molecule has 3 N–H and O–H groups in total. The van der Waals surface area contributed by atoms with Gasteiger partial charge in [-0.1, -0.05) is 42.5 Å². The fourth-order valence-electron chi connectivity index (χ4n) is 2.70. The smallest absolute Gasteiger partial charge is 0.397 e. The summed E-state index contributed by atoms with van der Waals surface area (Å²) in [5.74, 6) is 0. The Hall–Kier alpha value is -1.86. The van der Waals surface area contributed by atoms with E-state index < -0.39 is 8.80 Å². The van der Waals surface area contributed by atoms with Crippen LogP contribution in [0.1, 0.15) is 6.42 Å². The number of para-hydroxylation sites is 1. The second-order valence-corrected chi connectivity index (χ2v) is 8.55. The van der Waals surface area contributed by atoms with Crippen molar-refractivity contribution in [3.05, 3.63) is 48.5 Å². The van der Waals surface area contributed by atoms with Gasteiger partial charge in [0.05, 0.1) is 11.4 Å². The van der Waals surface area contributed by atoms with Crippen LogP contribution in [0.4, 0.5) is 11.4 Å². The topological polar surface area (TPSA) is 65.7 Å². The number of nitrogens with two attached hydrogens (primary N) is 1. The third-order valence-electron chi connectivity index (χ3n) is 4.08. The van der Waals surface area contributed by atoms with Crippen LogP contribution in [0.3, 0.4) is 0 Å². The average Bonchev–Trinajstić information content (AvgIpc) is 2.64. The molecule has 0 fully saturated rings. The van der Waals surface area contributed by atoms with E-state index in [1.165, 1.54) is 0 Å². The van der Waals surface area contributed by atoms with Crippen molar-refractivity contribution in [3.63, 3.8) is 0 Å². The van der Waals surface area contributed by atoms with Crippen LogP contribution in [0.2, 0.25) is 6.04 Å². The third kappa shape index (κ3) is 4.36. The summed E-state index contributed by atoms with van der Waals surface area (Å²) < 4.78 is 16.3. The maximum absolute atomic E-state index is 6.18. The molecule has 6 heteroatoms. The molecular formula is C18H26N2O3Si. The van der Waals surface area contributed by atoms with Crippen molar-refractivity contribution < 1.29 is 13.3 Å². The van der Waals surface area contributed by atoms with Gasteiger partial charge in [0.2, 0.25) is 0 Å². The molecule has 0 heterocycles. The van der Waals surface area contributed by atoms with Crippen LogP contribution >= 0.6 is 0 Å². The van der Waals surface area contributed by atoms with E-state index in [0.717, 1.165) is 41.5 Å². The molecule has 2 rings (SSSR count). The first-order valence-corrected chi connectivity index (χ1v) is 9.92. The standard InChI is InChI=1S/C18H26N2O3Si/c1-21-24(22-2,23-3)14-8-13-20-18-16(11-7-12-17(18)19)15-9-5-4-6-10-15/h4-7,9-12,20H,8,13-14,19H2,1-3H3. The first-order valence-electron chi connectivity index (χ1n) is 7.99. The van der Waals surface area contributed by atoms with Crippen molar-refractivity contribution in [1.82, 2.24) is 0 Å². The van der Waals surface area contributed by atoms with Gasteiger partial charge in [-0.05, 0) is 18.1 Å². The lowest BCUT2D eigenvalue weighted by molar-refractivity contribution is 0.123. The van der Waals surface area contributed by atoms with Gasteiger partial charge in [-0.25, -0.2) is 0 Å². The van der Waals surface area contributed by atoms with Gasteiger partial charge in [-0.15, -0.1) is 0 Å². The molecule has 2 aromatic rings. The molecule has 0 radical (unpaired) electrons. The number of nitrogen functional groups attached to an aromatic ring is 1. The summed E-state index contributed by atoms with van der Waals surface area (Å²) in [6, 6.07) is 16.9. The van der Waals surface area contributed by atoms with E-state index in [2.05, 4.69) is 23.5 Å². The number of hydrogen-bond acceptors (Lipinski definition) is 5. The Morgan fingerprint density at radius 1 is 0.917 bits per heavy atom. The second-order valence-electron chi connectivity index (χ2n) is 5.46. The van der Waals surface area contributed by atoms with E-state index >= 15 is 0 Å². The quantitative estimate of drug-likeness (QED) is 0.412. The van der Waals surface area contributed by atoms with Crippen molar-refractivity contribution >= 4 is 20.2 Å². The van der Waals surface area contributed by atoms with Crippen molar-refractivity contribution in [2.45, 2.75) is 12.5 Å². The minimum Gasteiger partial charge on any atom is -0.397 e. The zero-order chi connectivity index (χ0) is 17.4. The first kappa shape index (κ1) is 18.5. The molecule has 0 unspecified atom stereocenters. The van der Waals surface area contributed by atoms with Crippen molar-refractivity contribution in [1.29, 1.82) is 0 Å². The lowest BCUT2D eigenvalue weighted by Crippen LogP contribution is -2.42. The molecular weight excluding hydrogens is 320 g/mol. The van der Waals surface area contributed by atoms with E-state index in [0.29, 0.717) is 0 Å². The minimum atomic E-state index is -2.52. The molecule has 0 amide bonds. The number of rotatable bonds is 9. The highest BCUT2D eigenvalue weighted by Crippen LogP contribution is 2.32. The van der Waals surface area contributed by atoms with Crippen LogP contribution in [-0.2, 0) is 13.3 Å². The van der Waals surface area contributed by atoms with Gasteiger partial charge in [-0.3, -0.25) is 0 Å². The van der Waals surface area contributed by atoms with Gasteiger partial charge >= 0.3 is 8.80 Å². The van der Waals surface area contributed by atoms with E-state index in [1.54, 1.807) is 21.3 Å². The number of nitrogens with one attached hydrogen (secondary N) is 1. The van der Waals surface area contributed by atoms with Gasteiger partial charge < -0.3 is 24.3 Å². The molecule has 0 saturated carbocycles. The van der Waals surface area contributed by atoms with E-state index in [4.69, 9.17) is 19.0 Å².